The van der Waals surface area contributed by atoms with Crippen LogP contribution in [-0.4, -0.2) is 40.6 Å². The van der Waals surface area contributed by atoms with Crippen LogP contribution in [-0.2, 0) is 13.1 Å². The second-order valence-electron chi connectivity index (χ2n) is 5.94. The molecule has 0 spiro atoms. The Kier molecular flexibility index (Phi) is 3.66. The van der Waals surface area contributed by atoms with E-state index < -0.39 is 0 Å². The molecule has 1 aliphatic heterocycles. The molecule has 0 radical (unpaired) electrons. The van der Waals surface area contributed by atoms with Crippen molar-refractivity contribution in [3.63, 3.8) is 0 Å². The number of piperidine rings is 1. The number of hydrogen-bond donors (Lipinski definition) is 1. The summed E-state index contributed by atoms with van der Waals surface area (Å²) in [5, 5.41) is 3.57. The Morgan fingerprint density at radius 2 is 2.06 bits per heavy atom. The van der Waals surface area contributed by atoms with E-state index in [2.05, 4.69) is 26.8 Å². The van der Waals surface area contributed by atoms with Crippen LogP contribution in [0.4, 0.5) is 0 Å². The van der Waals surface area contributed by atoms with Gasteiger partial charge in [0.25, 0.3) is 0 Å². The predicted molar refractivity (Wildman–Crippen MR) is 72.3 cm³/mol. The van der Waals surface area contributed by atoms with E-state index in [-0.39, 0.29) is 0 Å². The summed E-state index contributed by atoms with van der Waals surface area (Å²) >= 11 is 0. The molecule has 0 aromatic carbocycles. The lowest BCUT2D eigenvalue weighted by Gasteiger charge is -2.29. The lowest BCUT2D eigenvalue weighted by atomic mass is 9.97. The van der Waals surface area contributed by atoms with E-state index in [1.807, 2.05) is 12.5 Å². The molecule has 1 N–H and O–H groups in total. The Morgan fingerprint density at radius 3 is 2.78 bits per heavy atom. The third-order valence-corrected chi connectivity index (χ3v) is 4.24. The molecule has 4 heteroatoms. The van der Waals surface area contributed by atoms with Crippen molar-refractivity contribution >= 4 is 0 Å². The maximum atomic E-state index is 4.31. The summed E-state index contributed by atoms with van der Waals surface area (Å²) in [6.07, 6.45) is 9.37. The second kappa shape index (κ2) is 5.41. The summed E-state index contributed by atoms with van der Waals surface area (Å²) in [5.74, 6) is 0.829. The molecule has 1 aromatic heterocycles. The van der Waals surface area contributed by atoms with Crippen molar-refractivity contribution in [1.29, 1.82) is 0 Å². The van der Waals surface area contributed by atoms with Crippen LogP contribution in [0.1, 0.15) is 31.4 Å². The molecular weight excluding hydrogens is 224 g/mol. The van der Waals surface area contributed by atoms with Gasteiger partial charge in [-0.3, -0.25) is 0 Å². The minimum Gasteiger partial charge on any atom is -0.333 e. The van der Waals surface area contributed by atoms with Gasteiger partial charge in [-0.1, -0.05) is 0 Å². The fraction of sp³-hybridized carbons (Fsp3) is 0.786. The average Bonchev–Trinajstić information content (AvgIpc) is 3.11. The molecule has 2 heterocycles. The van der Waals surface area contributed by atoms with Crippen molar-refractivity contribution in [3.8, 4) is 0 Å². The van der Waals surface area contributed by atoms with Crippen LogP contribution in [0.5, 0.6) is 0 Å². The first-order chi connectivity index (χ1) is 8.81. The zero-order chi connectivity index (χ0) is 12.4. The minimum atomic E-state index is 0.775. The fourth-order valence-corrected chi connectivity index (χ4v) is 2.72. The molecule has 1 saturated heterocycles. The van der Waals surface area contributed by atoms with Crippen LogP contribution >= 0.6 is 0 Å². The largest absolute Gasteiger partial charge is 0.333 e. The molecule has 0 atom stereocenters. The SMILES string of the molecule is CN1CCC(Cn2cncc2CNC2CC2)CC1. The maximum absolute atomic E-state index is 4.31. The molecule has 1 saturated carbocycles. The highest BCUT2D eigenvalue weighted by atomic mass is 15.1. The van der Waals surface area contributed by atoms with Crippen molar-refractivity contribution < 1.29 is 0 Å². The smallest absolute Gasteiger partial charge is 0.0948 e. The van der Waals surface area contributed by atoms with E-state index in [4.69, 9.17) is 0 Å². The number of likely N-dealkylation sites (tertiary alicyclic amines) is 1. The average molecular weight is 248 g/mol. The molecule has 1 aromatic rings. The Bertz CT molecular complexity index is 375. The van der Waals surface area contributed by atoms with Crippen LogP contribution in [0.3, 0.4) is 0 Å². The Hall–Kier alpha value is -0.870. The van der Waals surface area contributed by atoms with Gasteiger partial charge < -0.3 is 14.8 Å². The van der Waals surface area contributed by atoms with Gasteiger partial charge in [0.05, 0.1) is 12.0 Å². The zero-order valence-electron chi connectivity index (χ0n) is 11.3. The molecule has 0 bridgehead atoms. The van der Waals surface area contributed by atoms with E-state index in [0.29, 0.717) is 0 Å². The molecule has 3 rings (SSSR count). The maximum Gasteiger partial charge on any atom is 0.0948 e. The zero-order valence-corrected chi connectivity index (χ0v) is 11.3. The molecule has 2 fully saturated rings. The van der Waals surface area contributed by atoms with Gasteiger partial charge in [0.2, 0.25) is 0 Å². The summed E-state index contributed by atoms with van der Waals surface area (Å²) in [5.41, 5.74) is 1.35. The topological polar surface area (TPSA) is 33.1 Å². The van der Waals surface area contributed by atoms with Gasteiger partial charge in [0, 0.05) is 25.3 Å². The first-order valence-corrected chi connectivity index (χ1v) is 7.22. The molecule has 4 nitrogen and oxygen atoms in total. The van der Waals surface area contributed by atoms with Gasteiger partial charge >= 0.3 is 0 Å². The first-order valence-electron chi connectivity index (χ1n) is 7.22. The monoisotopic (exact) mass is 248 g/mol. The fourth-order valence-electron chi connectivity index (χ4n) is 2.72. The summed E-state index contributed by atoms with van der Waals surface area (Å²) < 4.78 is 2.35. The summed E-state index contributed by atoms with van der Waals surface area (Å²) in [6.45, 7) is 4.62. The normalized spacial score (nSPS) is 22.5. The van der Waals surface area contributed by atoms with E-state index in [1.165, 1.54) is 44.5 Å². The summed E-state index contributed by atoms with van der Waals surface area (Å²) in [7, 11) is 2.22. The van der Waals surface area contributed by atoms with E-state index in [1.54, 1.807) is 0 Å². The quantitative estimate of drug-likeness (QED) is 0.857. The van der Waals surface area contributed by atoms with Crippen LogP contribution in [0, 0.1) is 5.92 Å². The van der Waals surface area contributed by atoms with E-state index in [0.717, 1.165) is 25.0 Å². The van der Waals surface area contributed by atoms with Crippen molar-refractivity contribution in [2.24, 2.45) is 5.92 Å². The van der Waals surface area contributed by atoms with Gasteiger partial charge in [0.1, 0.15) is 0 Å². The Labute approximate surface area is 109 Å². The summed E-state index contributed by atoms with van der Waals surface area (Å²) in [4.78, 5) is 6.74. The van der Waals surface area contributed by atoms with Gasteiger partial charge in [-0.25, -0.2) is 4.98 Å². The first kappa shape index (κ1) is 12.2. The Morgan fingerprint density at radius 1 is 1.28 bits per heavy atom. The van der Waals surface area contributed by atoms with Crippen LogP contribution in [0.2, 0.25) is 0 Å². The molecule has 2 aliphatic rings. The van der Waals surface area contributed by atoms with Crippen molar-refractivity contribution in [2.75, 3.05) is 20.1 Å². The second-order valence-corrected chi connectivity index (χ2v) is 5.94. The van der Waals surface area contributed by atoms with Gasteiger partial charge in [0.15, 0.2) is 0 Å². The van der Waals surface area contributed by atoms with Gasteiger partial charge in [-0.15, -0.1) is 0 Å². The molecule has 0 amide bonds. The third kappa shape index (κ3) is 3.12. The lowest BCUT2D eigenvalue weighted by Crippen LogP contribution is -2.32. The van der Waals surface area contributed by atoms with Crippen LogP contribution in [0.25, 0.3) is 0 Å². The number of hydrogen-bond acceptors (Lipinski definition) is 3. The molecule has 0 unspecified atom stereocenters. The molecule has 100 valence electrons. The minimum absolute atomic E-state index is 0.775. The number of nitrogens with zero attached hydrogens (tertiary/aromatic N) is 3. The van der Waals surface area contributed by atoms with Crippen molar-refractivity contribution in [3.05, 3.63) is 18.2 Å². The standard InChI is InChI=1S/C14H24N4/c1-17-6-4-12(5-7-17)10-18-11-15-8-14(18)9-16-13-2-3-13/h8,11-13,16H,2-7,9-10H2,1H3. The van der Waals surface area contributed by atoms with Crippen LogP contribution < -0.4 is 5.32 Å². The number of nitrogens with one attached hydrogen (secondary N) is 1. The highest BCUT2D eigenvalue weighted by Gasteiger charge is 2.21. The van der Waals surface area contributed by atoms with E-state index in [9.17, 15) is 0 Å². The van der Waals surface area contributed by atoms with Gasteiger partial charge in [-0.2, -0.15) is 0 Å². The Balaban J connectivity index is 1.53. The predicted octanol–water partition coefficient (Wildman–Crippen LogP) is 1.48. The number of imidazole rings is 1. The number of rotatable bonds is 5. The lowest BCUT2D eigenvalue weighted by molar-refractivity contribution is 0.204. The molecule has 1 aliphatic carbocycles. The summed E-state index contributed by atoms with van der Waals surface area (Å²) in [6, 6.07) is 0.775. The highest BCUT2D eigenvalue weighted by Crippen LogP contribution is 2.21. The highest BCUT2D eigenvalue weighted by molar-refractivity contribution is 5.00. The van der Waals surface area contributed by atoms with Crippen LogP contribution in [0.15, 0.2) is 12.5 Å². The van der Waals surface area contributed by atoms with Crippen molar-refractivity contribution in [1.82, 2.24) is 19.8 Å². The third-order valence-electron chi connectivity index (χ3n) is 4.24. The van der Waals surface area contributed by atoms with Crippen molar-refractivity contribution in [2.45, 2.75) is 44.8 Å². The molecule has 18 heavy (non-hydrogen) atoms. The van der Waals surface area contributed by atoms with Gasteiger partial charge in [-0.05, 0) is 51.7 Å². The number of aromatic nitrogens is 2. The van der Waals surface area contributed by atoms with E-state index >= 15 is 0 Å². The molecular formula is C14H24N4.